The van der Waals surface area contributed by atoms with Crippen molar-refractivity contribution < 1.29 is 10.0 Å². The van der Waals surface area contributed by atoms with E-state index in [9.17, 15) is 15.2 Å². The number of likely N-dealkylation sites (N-methyl/N-ethyl adjacent to an activating group) is 1. The van der Waals surface area contributed by atoms with Gasteiger partial charge in [-0.1, -0.05) is 0 Å². The summed E-state index contributed by atoms with van der Waals surface area (Å²) in [5.41, 5.74) is -1.14. The summed E-state index contributed by atoms with van der Waals surface area (Å²) in [5.74, 6) is 0.00605. The van der Waals surface area contributed by atoms with Crippen LogP contribution in [0.5, 0.6) is 0 Å². The number of halogens is 1. The Balaban J connectivity index is 2.95. The molecular formula is C11H18ClN5O3. The molecule has 1 aromatic heterocycles. The number of hydrogen-bond donors (Lipinski definition) is 2. The maximum atomic E-state index is 11.0. The normalized spacial score (nSPS) is 14.2. The minimum atomic E-state index is -1.07. The van der Waals surface area contributed by atoms with Gasteiger partial charge in [0.05, 0.1) is 10.5 Å². The molecule has 2 N–H and O–H groups in total. The lowest BCUT2D eigenvalue weighted by Gasteiger charge is -2.27. The topological polar surface area (TPSA) is 104 Å². The Morgan fingerprint density at radius 3 is 2.60 bits per heavy atom. The van der Waals surface area contributed by atoms with Crippen LogP contribution in [0.2, 0.25) is 5.28 Å². The van der Waals surface area contributed by atoms with E-state index in [1.165, 1.54) is 6.92 Å². The lowest BCUT2D eigenvalue weighted by Crippen LogP contribution is -2.43. The average Bonchev–Trinajstić information content (AvgIpc) is 2.22. The van der Waals surface area contributed by atoms with Gasteiger partial charge in [0.25, 0.3) is 0 Å². The number of nitrogens with zero attached hydrogens (tertiary/aromatic N) is 4. The monoisotopic (exact) mass is 303 g/mol. The average molecular weight is 304 g/mol. The van der Waals surface area contributed by atoms with Crippen molar-refractivity contribution in [1.82, 2.24) is 14.9 Å². The van der Waals surface area contributed by atoms with Crippen LogP contribution < -0.4 is 5.32 Å². The maximum absolute atomic E-state index is 11.0. The van der Waals surface area contributed by atoms with Crippen LogP contribution in [0.25, 0.3) is 0 Å². The first-order valence-corrected chi connectivity index (χ1v) is 6.30. The van der Waals surface area contributed by atoms with Crippen molar-refractivity contribution in [2.75, 3.05) is 32.5 Å². The fourth-order valence-corrected chi connectivity index (χ4v) is 2.10. The van der Waals surface area contributed by atoms with E-state index in [0.29, 0.717) is 6.54 Å². The zero-order valence-electron chi connectivity index (χ0n) is 11.8. The summed E-state index contributed by atoms with van der Waals surface area (Å²) in [6.07, 6.45) is 0. The highest BCUT2D eigenvalue weighted by atomic mass is 35.5. The second-order valence-electron chi connectivity index (χ2n) is 5.12. The van der Waals surface area contributed by atoms with Gasteiger partial charge in [0.1, 0.15) is 5.69 Å². The summed E-state index contributed by atoms with van der Waals surface area (Å²) in [5, 5.41) is 23.9. The minimum absolute atomic E-state index is 0.00605. The van der Waals surface area contributed by atoms with E-state index in [1.807, 2.05) is 19.0 Å². The van der Waals surface area contributed by atoms with E-state index in [4.69, 9.17) is 11.6 Å². The standard InChI is InChI=1S/C11H18ClN5O3/c1-7-8(17(19)20)9(15-10(12)14-7)13-5-11(2,18)6-16(3)4/h18H,5-6H2,1-4H3,(H,13,14,15). The summed E-state index contributed by atoms with van der Waals surface area (Å²) in [4.78, 5) is 19.8. The van der Waals surface area contributed by atoms with Crippen LogP contribution in [0, 0.1) is 17.0 Å². The summed E-state index contributed by atoms with van der Waals surface area (Å²) < 4.78 is 0. The predicted octanol–water partition coefficient (Wildman–Crippen LogP) is 1.07. The van der Waals surface area contributed by atoms with Gasteiger partial charge >= 0.3 is 5.69 Å². The molecule has 112 valence electrons. The van der Waals surface area contributed by atoms with Gasteiger partial charge in [-0.25, -0.2) is 4.98 Å². The molecule has 9 heteroatoms. The fourth-order valence-electron chi connectivity index (χ4n) is 1.89. The number of hydrogen-bond acceptors (Lipinski definition) is 7. The SMILES string of the molecule is Cc1nc(Cl)nc(NCC(C)(O)CN(C)C)c1[N+](=O)[O-]. The second-order valence-corrected chi connectivity index (χ2v) is 5.46. The molecule has 0 saturated carbocycles. The van der Waals surface area contributed by atoms with E-state index in [2.05, 4.69) is 15.3 Å². The molecule has 20 heavy (non-hydrogen) atoms. The lowest BCUT2D eigenvalue weighted by atomic mass is 10.1. The van der Waals surface area contributed by atoms with Gasteiger partial charge in [0, 0.05) is 13.1 Å². The molecular weight excluding hydrogens is 286 g/mol. The van der Waals surface area contributed by atoms with Crippen molar-refractivity contribution >= 4 is 23.1 Å². The highest BCUT2D eigenvalue weighted by Gasteiger charge is 2.26. The first-order chi connectivity index (χ1) is 9.12. The van der Waals surface area contributed by atoms with Crippen LogP contribution in [0.4, 0.5) is 11.5 Å². The first kappa shape index (κ1) is 16.5. The van der Waals surface area contributed by atoms with Crippen molar-refractivity contribution in [3.05, 3.63) is 21.1 Å². The van der Waals surface area contributed by atoms with Crippen LogP contribution in [-0.2, 0) is 0 Å². The van der Waals surface area contributed by atoms with Crippen LogP contribution in [-0.4, -0.2) is 57.7 Å². The van der Waals surface area contributed by atoms with Crippen molar-refractivity contribution in [2.24, 2.45) is 0 Å². The van der Waals surface area contributed by atoms with Crippen molar-refractivity contribution in [1.29, 1.82) is 0 Å². The molecule has 0 aromatic carbocycles. The predicted molar refractivity (Wildman–Crippen MR) is 76.1 cm³/mol. The Hall–Kier alpha value is -1.51. The Labute approximate surface area is 121 Å². The lowest BCUT2D eigenvalue weighted by molar-refractivity contribution is -0.385. The van der Waals surface area contributed by atoms with E-state index in [0.717, 1.165) is 0 Å². The molecule has 0 bridgehead atoms. The van der Waals surface area contributed by atoms with E-state index in [1.54, 1.807) is 6.92 Å². The minimum Gasteiger partial charge on any atom is -0.387 e. The van der Waals surface area contributed by atoms with Crippen LogP contribution in [0.15, 0.2) is 0 Å². The number of aromatic nitrogens is 2. The highest BCUT2D eigenvalue weighted by molar-refractivity contribution is 6.28. The van der Waals surface area contributed by atoms with Gasteiger partial charge in [-0.3, -0.25) is 10.1 Å². The summed E-state index contributed by atoms with van der Waals surface area (Å²) in [6.45, 7) is 3.60. The van der Waals surface area contributed by atoms with E-state index < -0.39 is 10.5 Å². The largest absolute Gasteiger partial charge is 0.387 e. The van der Waals surface area contributed by atoms with Gasteiger partial charge in [-0.2, -0.15) is 4.98 Å². The molecule has 1 heterocycles. The summed E-state index contributed by atoms with van der Waals surface area (Å²) in [7, 11) is 3.64. The number of aliphatic hydroxyl groups is 1. The number of rotatable bonds is 6. The molecule has 1 unspecified atom stereocenters. The molecule has 1 aromatic rings. The molecule has 0 aliphatic rings. The molecule has 0 spiro atoms. The van der Waals surface area contributed by atoms with Crippen molar-refractivity contribution in [3.63, 3.8) is 0 Å². The molecule has 0 radical (unpaired) electrons. The van der Waals surface area contributed by atoms with Gasteiger partial charge in [0.15, 0.2) is 0 Å². The maximum Gasteiger partial charge on any atom is 0.332 e. The third kappa shape index (κ3) is 4.55. The third-order valence-electron chi connectivity index (χ3n) is 2.51. The quantitative estimate of drug-likeness (QED) is 0.460. The van der Waals surface area contributed by atoms with Gasteiger partial charge < -0.3 is 15.3 Å². The Morgan fingerprint density at radius 1 is 1.50 bits per heavy atom. The molecule has 0 fully saturated rings. The summed E-state index contributed by atoms with van der Waals surface area (Å²) >= 11 is 5.71. The molecule has 0 amide bonds. The van der Waals surface area contributed by atoms with Gasteiger partial charge in [0.2, 0.25) is 11.1 Å². The molecule has 0 saturated heterocycles. The number of nitrogens with one attached hydrogen (secondary N) is 1. The number of aryl methyl sites for hydroxylation is 1. The smallest absolute Gasteiger partial charge is 0.332 e. The molecule has 1 atom stereocenters. The van der Waals surface area contributed by atoms with E-state index >= 15 is 0 Å². The Morgan fingerprint density at radius 2 is 2.10 bits per heavy atom. The van der Waals surface area contributed by atoms with Crippen molar-refractivity contribution in [2.45, 2.75) is 19.4 Å². The Bertz CT molecular complexity index is 507. The molecule has 8 nitrogen and oxygen atoms in total. The summed E-state index contributed by atoms with van der Waals surface area (Å²) in [6, 6.07) is 0. The third-order valence-corrected chi connectivity index (χ3v) is 2.68. The molecule has 1 rings (SSSR count). The molecule has 0 aliphatic heterocycles. The van der Waals surface area contributed by atoms with Gasteiger partial charge in [-0.15, -0.1) is 0 Å². The number of nitro groups is 1. The van der Waals surface area contributed by atoms with E-state index in [-0.39, 0.29) is 29.0 Å². The molecule has 0 aliphatic carbocycles. The second kappa shape index (κ2) is 6.29. The highest BCUT2D eigenvalue weighted by Crippen LogP contribution is 2.26. The Kier molecular flexibility index (Phi) is 5.21. The number of anilines is 1. The zero-order chi connectivity index (χ0) is 15.5. The van der Waals surface area contributed by atoms with Crippen molar-refractivity contribution in [3.8, 4) is 0 Å². The van der Waals surface area contributed by atoms with Crippen LogP contribution in [0.3, 0.4) is 0 Å². The fraction of sp³-hybridized carbons (Fsp3) is 0.636. The first-order valence-electron chi connectivity index (χ1n) is 5.92. The van der Waals surface area contributed by atoms with Crippen LogP contribution in [0.1, 0.15) is 12.6 Å². The van der Waals surface area contributed by atoms with Crippen LogP contribution >= 0.6 is 11.6 Å². The van der Waals surface area contributed by atoms with Gasteiger partial charge in [-0.05, 0) is 39.5 Å². The zero-order valence-corrected chi connectivity index (χ0v) is 12.6.